The zero-order valence-corrected chi connectivity index (χ0v) is 19.1. The number of hydrogen-bond donors (Lipinski definition) is 2. The Labute approximate surface area is 185 Å². The minimum Gasteiger partial charge on any atom is -0.389 e. The fourth-order valence-electron chi connectivity index (χ4n) is 3.55. The summed E-state index contributed by atoms with van der Waals surface area (Å²) in [4.78, 5) is 0. The van der Waals surface area contributed by atoms with Crippen molar-refractivity contribution < 1.29 is 5.11 Å². The smallest absolute Gasteiger partial charge is 0.0891 e. The first kappa shape index (κ1) is 19.8. The Hall–Kier alpha value is -1.53. The molecule has 1 heterocycles. The number of halogens is 3. The number of hydrogen-bond acceptors (Lipinski definition) is 2. The summed E-state index contributed by atoms with van der Waals surface area (Å²) in [5.41, 5.74) is 4.15. The number of aliphatic hydroxyl groups excluding tert-OH is 1. The van der Waals surface area contributed by atoms with Crippen molar-refractivity contribution in [3.63, 3.8) is 0 Å². The third kappa shape index (κ3) is 3.81. The van der Waals surface area contributed by atoms with E-state index in [0.717, 1.165) is 47.0 Å². The largest absolute Gasteiger partial charge is 0.389 e. The average Bonchev–Trinajstić information content (AvgIpc) is 2.95. The second kappa shape index (κ2) is 8.07. The maximum atomic E-state index is 10.7. The standard InChI is InChI=1S/C22H19Br2ClN2O/c1-13-19(25)3-2-4-20(13)26-11-16(28)12-27-21-7-5-14(23)9-17(21)18-10-15(24)6-8-22(18)27/h2-10,16,26,28H,11-12H2,1H3/t16-/m1/s1. The molecule has 3 nitrogen and oxygen atoms in total. The minimum atomic E-state index is -0.551. The summed E-state index contributed by atoms with van der Waals surface area (Å²) in [5.74, 6) is 0. The molecule has 0 aliphatic heterocycles. The van der Waals surface area contributed by atoms with Crippen LogP contribution >= 0.6 is 43.5 Å². The van der Waals surface area contributed by atoms with Gasteiger partial charge < -0.3 is 15.0 Å². The topological polar surface area (TPSA) is 37.2 Å². The Bertz CT molecular complexity index is 1110. The zero-order chi connectivity index (χ0) is 19.8. The minimum absolute atomic E-state index is 0.440. The Morgan fingerprint density at radius 2 is 1.61 bits per heavy atom. The van der Waals surface area contributed by atoms with Crippen LogP contribution in [0.4, 0.5) is 5.69 Å². The molecule has 0 aliphatic rings. The van der Waals surface area contributed by atoms with Crippen LogP contribution in [-0.2, 0) is 6.54 Å². The summed E-state index contributed by atoms with van der Waals surface area (Å²) >= 11 is 13.3. The second-order valence-corrected chi connectivity index (χ2v) is 9.12. The number of benzene rings is 3. The number of nitrogens with zero attached hydrogens (tertiary/aromatic N) is 1. The zero-order valence-electron chi connectivity index (χ0n) is 15.2. The lowest BCUT2D eigenvalue weighted by atomic mass is 10.2. The van der Waals surface area contributed by atoms with Crippen LogP contribution in [0.5, 0.6) is 0 Å². The summed E-state index contributed by atoms with van der Waals surface area (Å²) in [6.45, 7) is 2.91. The van der Waals surface area contributed by atoms with E-state index in [4.69, 9.17) is 11.6 Å². The molecule has 0 radical (unpaired) electrons. The predicted molar refractivity (Wildman–Crippen MR) is 126 cm³/mol. The molecule has 0 aliphatic carbocycles. The molecule has 4 rings (SSSR count). The number of nitrogens with one attached hydrogen (secondary N) is 1. The van der Waals surface area contributed by atoms with Crippen molar-refractivity contribution in [2.45, 2.75) is 19.6 Å². The summed E-state index contributed by atoms with van der Waals surface area (Å²) in [5, 5.41) is 17.1. The number of anilines is 1. The highest BCUT2D eigenvalue weighted by Crippen LogP contribution is 2.33. The van der Waals surface area contributed by atoms with Crippen molar-refractivity contribution >= 4 is 71.0 Å². The van der Waals surface area contributed by atoms with Gasteiger partial charge in [-0.2, -0.15) is 0 Å². The number of aliphatic hydroxyl groups is 1. The SMILES string of the molecule is Cc1c(Cl)cccc1NC[C@@H](O)Cn1c2ccc(Br)cc2c2cc(Br)ccc21. The van der Waals surface area contributed by atoms with E-state index >= 15 is 0 Å². The van der Waals surface area contributed by atoms with Gasteiger partial charge in [-0.1, -0.05) is 49.5 Å². The lowest BCUT2D eigenvalue weighted by Gasteiger charge is -2.17. The van der Waals surface area contributed by atoms with Crippen molar-refractivity contribution in [1.29, 1.82) is 0 Å². The molecule has 144 valence electrons. The molecule has 1 aromatic heterocycles. The van der Waals surface area contributed by atoms with E-state index in [1.807, 2.05) is 37.3 Å². The molecule has 1 atom stereocenters. The summed E-state index contributed by atoms with van der Waals surface area (Å²) in [6.07, 6.45) is -0.551. The molecule has 0 bridgehead atoms. The van der Waals surface area contributed by atoms with Crippen molar-refractivity contribution in [2.75, 3.05) is 11.9 Å². The molecule has 4 aromatic rings. The molecular formula is C22H19Br2ClN2O. The number of rotatable bonds is 5. The van der Waals surface area contributed by atoms with E-state index in [1.165, 1.54) is 0 Å². The van der Waals surface area contributed by atoms with Crippen LogP contribution in [0.25, 0.3) is 21.8 Å². The van der Waals surface area contributed by atoms with Gasteiger partial charge in [0.15, 0.2) is 0 Å². The lowest BCUT2D eigenvalue weighted by molar-refractivity contribution is 0.169. The number of fused-ring (bicyclic) bond motifs is 3. The maximum Gasteiger partial charge on any atom is 0.0891 e. The van der Waals surface area contributed by atoms with Crippen LogP contribution in [0.2, 0.25) is 5.02 Å². The van der Waals surface area contributed by atoms with Gasteiger partial charge >= 0.3 is 0 Å². The summed E-state index contributed by atoms with van der Waals surface area (Å²) in [7, 11) is 0. The van der Waals surface area contributed by atoms with Crippen LogP contribution in [0.1, 0.15) is 5.56 Å². The summed E-state index contributed by atoms with van der Waals surface area (Å²) < 4.78 is 4.26. The van der Waals surface area contributed by atoms with E-state index in [1.54, 1.807) is 0 Å². The third-order valence-electron chi connectivity index (χ3n) is 4.98. The summed E-state index contributed by atoms with van der Waals surface area (Å²) in [6, 6.07) is 18.3. The third-order valence-corrected chi connectivity index (χ3v) is 6.37. The van der Waals surface area contributed by atoms with Crippen molar-refractivity contribution in [1.82, 2.24) is 4.57 Å². The first-order valence-electron chi connectivity index (χ1n) is 8.98. The highest BCUT2D eigenvalue weighted by atomic mass is 79.9. The molecule has 0 saturated heterocycles. The van der Waals surface area contributed by atoms with Gasteiger partial charge in [-0.3, -0.25) is 0 Å². The van der Waals surface area contributed by atoms with Gasteiger partial charge in [0, 0.05) is 48.0 Å². The fourth-order valence-corrected chi connectivity index (χ4v) is 4.44. The van der Waals surface area contributed by atoms with Crippen LogP contribution in [-0.4, -0.2) is 22.3 Å². The molecular weight excluding hydrogens is 504 g/mol. The maximum absolute atomic E-state index is 10.7. The molecule has 3 aromatic carbocycles. The van der Waals surface area contributed by atoms with E-state index in [2.05, 4.69) is 66.0 Å². The normalized spacial score (nSPS) is 12.6. The fraction of sp³-hybridized carbons (Fsp3) is 0.182. The van der Waals surface area contributed by atoms with Crippen LogP contribution in [0.3, 0.4) is 0 Å². The quantitative estimate of drug-likeness (QED) is 0.304. The number of aromatic nitrogens is 1. The first-order valence-corrected chi connectivity index (χ1v) is 10.9. The van der Waals surface area contributed by atoms with Gasteiger partial charge in [-0.25, -0.2) is 0 Å². The first-order chi connectivity index (χ1) is 13.4. The molecule has 0 fully saturated rings. The molecule has 0 amide bonds. The lowest BCUT2D eigenvalue weighted by Crippen LogP contribution is -2.25. The highest BCUT2D eigenvalue weighted by Gasteiger charge is 2.15. The molecule has 0 unspecified atom stereocenters. The van der Waals surface area contributed by atoms with Gasteiger partial charge in [0.05, 0.1) is 12.6 Å². The van der Waals surface area contributed by atoms with E-state index in [0.29, 0.717) is 13.1 Å². The molecule has 0 saturated carbocycles. The van der Waals surface area contributed by atoms with Gasteiger partial charge in [-0.05, 0) is 61.0 Å². The Kier molecular flexibility index (Phi) is 5.70. The molecule has 0 spiro atoms. The van der Waals surface area contributed by atoms with Crippen LogP contribution in [0, 0.1) is 6.92 Å². The molecule has 28 heavy (non-hydrogen) atoms. The van der Waals surface area contributed by atoms with Gasteiger partial charge in [0.1, 0.15) is 0 Å². The Morgan fingerprint density at radius 1 is 1.00 bits per heavy atom. The molecule has 2 N–H and O–H groups in total. The van der Waals surface area contributed by atoms with E-state index < -0.39 is 6.10 Å². The van der Waals surface area contributed by atoms with Crippen molar-refractivity contribution in [3.8, 4) is 0 Å². The van der Waals surface area contributed by atoms with Crippen LogP contribution < -0.4 is 5.32 Å². The Morgan fingerprint density at radius 3 is 2.21 bits per heavy atom. The monoisotopic (exact) mass is 520 g/mol. The van der Waals surface area contributed by atoms with Crippen molar-refractivity contribution in [2.24, 2.45) is 0 Å². The predicted octanol–water partition coefficient (Wildman–Crippen LogP) is 6.75. The van der Waals surface area contributed by atoms with Gasteiger partial charge in [-0.15, -0.1) is 0 Å². The van der Waals surface area contributed by atoms with Crippen molar-refractivity contribution in [3.05, 3.63) is 74.1 Å². The van der Waals surface area contributed by atoms with E-state index in [-0.39, 0.29) is 0 Å². The average molecular weight is 523 g/mol. The van der Waals surface area contributed by atoms with Crippen LogP contribution in [0.15, 0.2) is 63.5 Å². The second-order valence-electron chi connectivity index (χ2n) is 6.88. The molecule has 6 heteroatoms. The highest BCUT2D eigenvalue weighted by molar-refractivity contribution is 9.10. The van der Waals surface area contributed by atoms with Gasteiger partial charge in [0.25, 0.3) is 0 Å². The van der Waals surface area contributed by atoms with E-state index in [9.17, 15) is 5.11 Å². The van der Waals surface area contributed by atoms with Gasteiger partial charge in [0.2, 0.25) is 0 Å². The Balaban J connectivity index is 1.64.